The number of ether oxygens (including phenoxy) is 1. The van der Waals surface area contributed by atoms with Gasteiger partial charge < -0.3 is 14.3 Å². The van der Waals surface area contributed by atoms with E-state index in [-0.39, 0.29) is 23.2 Å². The molecule has 0 aliphatic heterocycles. The first-order valence-corrected chi connectivity index (χ1v) is 10.1. The first-order chi connectivity index (χ1) is 15.0. The molecule has 3 rings (SSSR count). The molecule has 0 aliphatic carbocycles. The highest BCUT2D eigenvalue weighted by Gasteiger charge is 2.25. The lowest BCUT2D eigenvalue weighted by atomic mass is 9.97. The highest BCUT2D eigenvalue weighted by molar-refractivity contribution is 6.11. The van der Waals surface area contributed by atoms with Gasteiger partial charge in [0, 0.05) is 5.56 Å². The van der Waals surface area contributed by atoms with Crippen LogP contribution < -0.4 is 10.3 Å². The highest BCUT2D eigenvalue weighted by Crippen LogP contribution is 2.26. The van der Waals surface area contributed by atoms with E-state index in [1.807, 2.05) is 6.07 Å². The molecule has 7 nitrogen and oxygen atoms in total. The molecule has 0 atom stereocenters. The van der Waals surface area contributed by atoms with E-state index in [0.29, 0.717) is 23.7 Å². The molecule has 0 aliphatic rings. The van der Waals surface area contributed by atoms with Crippen molar-refractivity contribution in [3.05, 3.63) is 81.0 Å². The summed E-state index contributed by atoms with van der Waals surface area (Å²) in [4.78, 5) is 25.9. The van der Waals surface area contributed by atoms with E-state index in [0.717, 1.165) is 23.8 Å². The fraction of sp³-hybridized carbons (Fsp3) is 0.292. The molecule has 31 heavy (non-hydrogen) atoms. The summed E-state index contributed by atoms with van der Waals surface area (Å²) in [6, 6.07) is 11.7. The SMILES string of the molecule is CCCCCOc1ccc(C(=O)c2c(C)c(C#N)c(=O)n(Cc3ccco3)c2O)cc1. The maximum atomic E-state index is 13.2. The summed E-state index contributed by atoms with van der Waals surface area (Å²) in [7, 11) is 0. The summed E-state index contributed by atoms with van der Waals surface area (Å²) in [5.74, 6) is 0.0715. The molecule has 0 radical (unpaired) electrons. The van der Waals surface area contributed by atoms with Crippen LogP contribution in [0.4, 0.5) is 0 Å². The van der Waals surface area contributed by atoms with E-state index in [9.17, 15) is 20.0 Å². The molecule has 0 saturated heterocycles. The number of aromatic nitrogens is 1. The van der Waals surface area contributed by atoms with Crippen LogP contribution in [0.1, 0.15) is 59.0 Å². The second kappa shape index (κ2) is 9.81. The molecule has 2 heterocycles. The zero-order chi connectivity index (χ0) is 22.4. The molecule has 7 heteroatoms. The number of furan rings is 1. The minimum absolute atomic E-state index is 0.0840. The van der Waals surface area contributed by atoms with Crippen LogP contribution in [-0.2, 0) is 6.54 Å². The Morgan fingerprint density at radius 1 is 1.23 bits per heavy atom. The number of pyridine rings is 1. The maximum absolute atomic E-state index is 13.2. The molecule has 2 aromatic heterocycles. The number of carbonyl (C=O) groups is 1. The lowest BCUT2D eigenvalue weighted by molar-refractivity contribution is 0.103. The quantitative estimate of drug-likeness (QED) is 0.411. The minimum Gasteiger partial charge on any atom is -0.494 e. The molecule has 160 valence electrons. The van der Waals surface area contributed by atoms with Crippen molar-refractivity contribution in [1.82, 2.24) is 4.57 Å². The Balaban J connectivity index is 1.95. The normalized spacial score (nSPS) is 10.6. The van der Waals surface area contributed by atoms with E-state index in [2.05, 4.69) is 6.92 Å². The Labute approximate surface area is 180 Å². The van der Waals surface area contributed by atoms with Gasteiger partial charge in [0.15, 0.2) is 5.78 Å². The zero-order valence-electron chi connectivity index (χ0n) is 17.6. The lowest BCUT2D eigenvalue weighted by Crippen LogP contribution is -2.27. The number of aromatic hydroxyl groups is 1. The third kappa shape index (κ3) is 4.69. The average Bonchev–Trinajstić information content (AvgIpc) is 3.28. The van der Waals surface area contributed by atoms with Gasteiger partial charge in [-0.1, -0.05) is 19.8 Å². The van der Waals surface area contributed by atoms with Crippen LogP contribution in [-0.4, -0.2) is 22.1 Å². The second-order valence-electron chi connectivity index (χ2n) is 7.19. The Morgan fingerprint density at radius 3 is 2.58 bits per heavy atom. The number of nitriles is 1. The number of rotatable bonds is 9. The topological polar surface area (TPSA) is 105 Å². The third-order valence-electron chi connectivity index (χ3n) is 5.05. The molecule has 0 fully saturated rings. The van der Waals surface area contributed by atoms with Gasteiger partial charge in [-0.25, -0.2) is 0 Å². The highest BCUT2D eigenvalue weighted by atomic mass is 16.5. The first kappa shape index (κ1) is 21.9. The fourth-order valence-corrected chi connectivity index (χ4v) is 3.32. The molecule has 0 spiro atoms. The van der Waals surface area contributed by atoms with E-state index >= 15 is 0 Å². The van der Waals surface area contributed by atoms with Crippen LogP contribution in [0, 0.1) is 18.3 Å². The number of hydrogen-bond donors (Lipinski definition) is 1. The van der Waals surface area contributed by atoms with Crippen LogP contribution in [0.25, 0.3) is 0 Å². The number of ketones is 1. The maximum Gasteiger partial charge on any atom is 0.271 e. The lowest BCUT2D eigenvalue weighted by Gasteiger charge is -2.15. The summed E-state index contributed by atoms with van der Waals surface area (Å²) < 4.78 is 11.9. The van der Waals surface area contributed by atoms with Gasteiger partial charge in [-0.3, -0.25) is 14.2 Å². The van der Waals surface area contributed by atoms with Gasteiger partial charge in [0.25, 0.3) is 5.56 Å². The fourth-order valence-electron chi connectivity index (χ4n) is 3.32. The molecule has 0 amide bonds. The number of unbranched alkanes of at least 4 members (excludes halogenated alkanes) is 2. The minimum atomic E-state index is -0.679. The number of nitrogens with zero attached hydrogens (tertiary/aromatic N) is 2. The van der Waals surface area contributed by atoms with Crippen molar-refractivity contribution in [2.45, 2.75) is 39.7 Å². The molecule has 1 aromatic carbocycles. The second-order valence-corrected chi connectivity index (χ2v) is 7.19. The van der Waals surface area contributed by atoms with Gasteiger partial charge in [0.1, 0.15) is 23.1 Å². The zero-order valence-corrected chi connectivity index (χ0v) is 17.6. The molecule has 0 saturated carbocycles. The third-order valence-corrected chi connectivity index (χ3v) is 5.05. The Bertz CT molecular complexity index is 1150. The van der Waals surface area contributed by atoms with Gasteiger partial charge in [0.2, 0.25) is 5.88 Å². The van der Waals surface area contributed by atoms with Gasteiger partial charge >= 0.3 is 0 Å². The van der Waals surface area contributed by atoms with E-state index < -0.39 is 17.2 Å². The summed E-state index contributed by atoms with van der Waals surface area (Å²) in [6.07, 6.45) is 4.59. The van der Waals surface area contributed by atoms with Crippen LogP contribution in [0.15, 0.2) is 51.9 Å². The molecule has 0 bridgehead atoms. The van der Waals surface area contributed by atoms with Gasteiger partial charge in [-0.15, -0.1) is 0 Å². The van der Waals surface area contributed by atoms with Crippen LogP contribution in [0.3, 0.4) is 0 Å². The number of hydrogen-bond acceptors (Lipinski definition) is 6. The van der Waals surface area contributed by atoms with Gasteiger partial charge in [-0.05, 0) is 55.3 Å². The van der Waals surface area contributed by atoms with Crippen LogP contribution in [0.5, 0.6) is 11.6 Å². The predicted octanol–water partition coefficient (Wildman–Crippen LogP) is 4.18. The molecule has 1 N–H and O–H groups in total. The Morgan fingerprint density at radius 2 is 1.97 bits per heavy atom. The standard InChI is InChI=1S/C24H24N2O5/c1-3-4-5-12-30-18-10-8-17(9-11-18)22(27)21-16(2)20(14-25)23(28)26(24(21)29)15-19-7-6-13-31-19/h6-11,13,29H,3-5,12,15H2,1-2H3. The smallest absolute Gasteiger partial charge is 0.271 e. The van der Waals surface area contributed by atoms with Crippen molar-refractivity contribution in [1.29, 1.82) is 5.26 Å². The van der Waals surface area contributed by atoms with Crippen molar-refractivity contribution in [2.75, 3.05) is 6.61 Å². The van der Waals surface area contributed by atoms with Crippen molar-refractivity contribution in [2.24, 2.45) is 0 Å². The summed E-state index contributed by atoms with van der Waals surface area (Å²) >= 11 is 0. The number of carbonyl (C=O) groups excluding carboxylic acids is 1. The molecule has 3 aromatic rings. The Kier molecular flexibility index (Phi) is 6.93. The van der Waals surface area contributed by atoms with Crippen molar-refractivity contribution in [3.63, 3.8) is 0 Å². The number of benzene rings is 1. The van der Waals surface area contributed by atoms with E-state index in [4.69, 9.17) is 9.15 Å². The van der Waals surface area contributed by atoms with Gasteiger partial charge in [0.05, 0.1) is 25.0 Å². The molecule has 0 unspecified atom stereocenters. The van der Waals surface area contributed by atoms with E-state index in [1.54, 1.807) is 36.4 Å². The monoisotopic (exact) mass is 420 g/mol. The Hall–Kier alpha value is -3.79. The van der Waals surface area contributed by atoms with Gasteiger partial charge in [-0.2, -0.15) is 5.26 Å². The average molecular weight is 420 g/mol. The first-order valence-electron chi connectivity index (χ1n) is 10.1. The predicted molar refractivity (Wildman–Crippen MR) is 115 cm³/mol. The summed E-state index contributed by atoms with van der Waals surface area (Å²) in [5.41, 5.74) is -0.499. The van der Waals surface area contributed by atoms with Crippen LogP contribution >= 0.6 is 0 Å². The molecular weight excluding hydrogens is 396 g/mol. The largest absolute Gasteiger partial charge is 0.494 e. The van der Waals surface area contributed by atoms with Crippen LogP contribution in [0.2, 0.25) is 0 Å². The summed E-state index contributed by atoms with van der Waals surface area (Å²) in [6.45, 7) is 4.10. The summed E-state index contributed by atoms with van der Waals surface area (Å²) in [5, 5.41) is 20.3. The molecular formula is C24H24N2O5. The van der Waals surface area contributed by atoms with Crippen molar-refractivity contribution >= 4 is 5.78 Å². The van der Waals surface area contributed by atoms with Crippen molar-refractivity contribution in [3.8, 4) is 17.7 Å². The van der Waals surface area contributed by atoms with E-state index in [1.165, 1.54) is 13.2 Å². The van der Waals surface area contributed by atoms with Crippen molar-refractivity contribution < 1.29 is 19.1 Å².